The zero-order valence-corrected chi connectivity index (χ0v) is 10.5. The minimum absolute atomic E-state index is 0.229. The Kier molecular flexibility index (Phi) is 3.07. The van der Waals surface area contributed by atoms with Crippen LogP contribution in [0.15, 0.2) is 34.9 Å². The number of carboxylic acid groups (broad SMARTS) is 1. The van der Waals surface area contributed by atoms with Crippen LogP contribution in [-0.4, -0.2) is 16.2 Å². The molecule has 4 nitrogen and oxygen atoms in total. The van der Waals surface area contributed by atoms with Crippen LogP contribution < -0.4 is 0 Å². The second-order valence-electron chi connectivity index (χ2n) is 4.92. The molecule has 98 valence electrons. The van der Waals surface area contributed by atoms with Gasteiger partial charge in [0.25, 0.3) is 0 Å². The van der Waals surface area contributed by atoms with Crippen LogP contribution in [0.25, 0.3) is 11.3 Å². The van der Waals surface area contributed by atoms with E-state index in [1.165, 1.54) is 0 Å². The molecule has 1 N–H and O–H groups in total. The summed E-state index contributed by atoms with van der Waals surface area (Å²) >= 11 is 0. The van der Waals surface area contributed by atoms with Gasteiger partial charge in [0.05, 0.1) is 0 Å². The van der Waals surface area contributed by atoms with Gasteiger partial charge in [-0.1, -0.05) is 48.3 Å². The maximum Gasteiger partial charge on any atom is 0.341 e. The number of hydrogen-bond acceptors (Lipinski definition) is 3. The normalized spacial score (nSPS) is 15.8. The molecule has 1 aliphatic carbocycles. The van der Waals surface area contributed by atoms with Crippen LogP contribution in [0, 0.1) is 0 Å². The zero-order valence-electron chi connectivity index (χ0n) is 10.5. The first-order valence-corrected chi connectivity index (χ1v) is 6.55. The van der Waals surface area contributed by atoms with Gasteiger partial charge in [-0.2, -0.15) is 0 Å². The first-order chi connectivity index (χ1) is 9.27. The van der Waals surface area contributed by atoms with Crippen molar-refractivity contribution < 1.29 is 14.4 Å². The van der Waals surface area contributed by atoms with E-state index >= 15 is 0 Å². The standard InChI is InChI=1S/C15H15NO3/c17-15(18)12-13(10-6-4-5-7-10)16-19-14(12)11-8-2-1-3-9-11/h1-3,8-10H,4-7H2,(H,17,18). The molecule has 1 fully saturated rings. The Morgan fingerprint density at radius 3 is 2.53 bits per heavy atom. The summed E-state index contributed by atoms with van der Waals surface area (Å²) in [6, 6.07) is 9.28. The molecular weight excluding hydrogens is 242 g/mol. The first kappa shape index (κ1) is 12.0. The summed E-state index contributed by atoms with van der Waals surface area (Å²) in [6.45, 7) is 0. The Labute approximate surface area is 111 Å². The molecule has 19 heavy (non-hydrogen) atoms. The Balaban J connectivity index is 2.08. The van der Waals surface area contributed by atoms with Gasteiger partial charge in [0.1, 0.15) is 11.3 Å². The Hall–Kier alpha value is -2.10. The number of rotatable bonds is 3. The minimum atomic E-state index is -0.956. The number of nitrogens with zero attached hydrogens (tertiary/aromatic N) is 1. The zero-order chi connectivity index (χ0) is 13.2. The van der Waals surface area contributed by atoms with Crippen molar-refractivity contribution in [2.24, 2.45) is 0 Å². The predicted octanol–water partition coefficient (Wildman–Crippen LogP) is 3.70. The number of benzene rings is 1. The van der Waals surface area contributed by atoms with E-state index in [1.807, 2.05) is 30.3 Å². The van der Waals surface area contributed by atoms with Crippen molar-refractivity contribution in [1.29, 1.82) is 0 Å². The van der Waals surface area contributed by atoms with E-state index in [4.69, 9.17) is 4.52 Å². The number of carbonyl (C=O) groups is 1. The topological polar surface area (TPSA) is 63.3 Å². The van der Waals surface area contributed by atoms with Gasteiger partial charge in [0, 0.05) is 11.5 Å². The Morgan fingerprint density at radius 2 is 1.89 bits per heavy atom. The molecule has 0 spiro atoms. The van der Waals surface area contributed by atoms with Crippen molar-refractivity contribution in [1.82, 2.24) is 5.16 Å². The predicted molar refractivity (Wildman–Crippen MR) is 70.1 cm³/mol. The quantitative estimate of drug-likeness (QED) is 0.910. The van der Waals surface area contributed by atoms with Crippen LogP contribution >= 0.6 is 0 Å². The summed E-state index contributed by atoms with van der Waals surface area (Å²) in [5.74, 6) is -0.357. The van der Waals surface area contributed by atoms with Crippen molar-refractivity contribution in [2.75, 3.05) is 0 Å². The number of aromatic nitrogens is 1. The summed E-state index contributed by atoms with van der Waals surface area (Å²) in [4.78, 5) is 11.5. The molecule has 0 radical (unpaired) electrons. The Bertz CT molecular complexity index is 583. The fraction of sp³-hybridized carbons (Fsp3) is 0.333. The highest BCUT2D eigenvalue weighted by Gasteiger charge is 2.30. The lowest BCUT2D eigenvalue weighted by molar-refractivity contribution is 0.0695. The molecule has 0 unspecified atom stereocenters. The van der Waals surface area contributed by atoms with Crippen molar-refractivity contribution in [3.05, 3.63) is 41.6 Å². The Morgan fingerprint density at radius 1 is 1.21 bits per heavy atom. The number of aromatic carboxylic acids is 1. The lowest BCUT2D eigenvalue weighted by atomic mass is 9.97. The summed E-state index contributed by atoms with van der Waals surface area (Å²) in [5.41, 5.74) is 1.61. The van der Waals surface area contributed by atoms with Gasteiger partial charge in [-0.3, -0.25) is 0 Å². The second-order valence-corrected chi connectivity index (χ2v) is 4.92. The summed E-state index contributed by atoms with van der Waals surface area (Å²) in [7, 11) is 0. The monoisotopic (exact) mass is 257 g/mol. The van der Waals surface area contributed by atoms with Gasteiger partial charge in [-0.15, -0.1) is 0 Å². The fourth-order valence-electron chi connectivity index (χ4n) is 2.77. The average Bonchev–Trinajstić information content (AvgIpc) is 3.08. The highest BCUT2D eigenvalue weighted by molar-refractivity contribution is 5.95. The molecule has 1 aliphatic rings. The van der Waals surface area contributed by atoms with E-state index in [-0.39, 0.29) is 11.5 Å². The van der Waals surface area contributed by atoms with Crippen molar-refractivity contribution in [3.63, 3.8) is 0 Å². The highest BCUT2D eigenvalue weighted by Crippen LogP contribution is 2.38. The molecule has 1 aromatic carbocycles. The van der Waals surface area contributed by atoms with Crippen LogP contribution in [0.5, 0.6) is 0 Å². The molecular formula is C15H15NO3. The third kappa shape index (κ3) is 2.14. The summed E-state index contributed by atoms with van der Waals surface area (Å²) in [6.07, 6.45) is 4.27. The van der Waals surface area contributed by atoms with Crippen LogP contribution in [0.4, 0.5) is 0 Å². The molecule has 2 aromatic rings. The number of hydrogen-bond donors (Lipinski definition) is 1. The lowest BCUT2D eigenvalue weighted by Gasteiger charge is -2.05. The molecule has 4 heteroatoms. The molecule has 1 aromatic heterocycles. The lowest BCUT2D eigenvalue weighted by Crippen LogP contribution is -2.05. The van der Waals surface area contributed by atoms with E-state index in [0.717, 1.165) is 31.2 Å². The van der Waals surface area contributed by atoms with Crippen LogP contribution in [0.2, 0.25) is 0 Å². The van der Waals surface area contributed by atoms with Crippen molar-refractivity contribution in [3.8, 4) is 11.3 Å². The maximum absolute atomic E-state index is 11.5. The molecule has 3 rings (SSSR count). The second kappa shape index (κ2) is 4.88. The summed E-state index contributed by atoms with van der Waals surface area (Å²) in [5, 5.41) is 13.5. The van der Waals surface area contributed by atoms with E-state index < -0.39 is 5.97 Å². The van der Waals surface area contributed by atoms with E-state index in [1.54, 1.807) is 0 Å². The SMILES string of the molecule is O=C(O)c1c(C2CCCC2)noc1-c1ccccc1. The number of carboxylic acids is 1. The van der Waals surface area contributed by atoms with Crippen molar-refractivity contribution >= 4 is 5.97 Å². The smallest absolute Gasteiger partial charge is 0.341 e. The van der Waals surface area contributed by atoms with Gasteiger partial charge < -0.3 is 9.63 Å². The van der Waals surface area contributed by atoms with Gasteiger partial charge in [-0.05, 0) is 12.8 Å². The highest BCUT2D eigenvalue weighted by atomic mass is 16.5. The molecule has 0 aliphatic heterocycles. The molecule has 0 atom stereocenters. The van der Waals surface area contributed by atoms with Gasteiger partial charge in [0.15, 0.2) is 5.76 Å². The fourth-order valence-corrected chi connectivity index (χ4v) is 2.77. The molecule has 1 heterocycles. The molecule has 0 saturated heterocycles. The molecule has 0 amide bonds. The van der Waals surface area contributed by atoms with Crippen LogP contribution in [0.1, 0.15) is 47.7 Å². The van der Waals surface area contributed by atoms with E-state index in [9.17, 15) is 9.90 Å². The van der Waals surface area contributed by atoms with Gasteiger partial charge >= 0.3 is 5.97 Å². The van der Waals surface area contributed by atoms with Gasteiger partial charge in [-0.25, -0.2) is 4.79 Å². The third-order valence-corrected chi connectivity index (χ3v) is 3.71. The molecule has 0 bridgehead atoms. The van der Waals surface area contributed by atoms with Gasteiger partial charge in [0.2, 0.25) is 0 Å². The van der Waals surface area contributed by atoms with E-state index in [0.29, 0.717) is 11.5 Å². The molecule has 1 saturated carbocycles. The maximum atomic E-state index is 11.5. The van der Waals surface area contributed by atoms with Crippen LogP contribution in [-0.2, 0) is 0 Å². The minimum Gasteiger partial charge on any atom is -0.477 e. The summed E-state index contributed by atoms with van der Waals surface area (Å²) < 4.78 is 5.32. The largest absolute Gasteiger partial charge is 0.477 e. The van der Waals surface area contributed by atoms with Crippen LogP contribution in [0.3, 0.4) is 0 Å². The van der Waals surface area contributed by atoms with Crippen molar-refractivity contribution in [2.45, 2.75) is 31.6 Å². The van der Waals surface area contributed by atoms with E-state index in [2.05, 4.69) is 5.16 Å². The average molecular weight is 257 g/mol. The third-order valence-electron chi connectivity index (χ3n) is 3.71. The first-order valence-electron chi connectivity index (χ1n) is 6.55.